The van der Waals surface area contributed by atoms with Crippen molar-refractivity contribution in [1.29, 1.82) is 0 Å². The van der Waals surface area contributed by atoms with E-state index in [1.54, 1.807) is 11.0 Å². The second-order valence-electron chi connectivity index (χ2n) is 9.03. The Hall–Kier alpha value is -3.18. The van der Waals surface area contributed by atoms with Gasteiger partial charge in [0, 0.05) is 31.5 Å². The van der Waals surface area contributed by atoms with Gasteiger partial charge in [-0.3, -0.25) is 9.52 Å². The first-order valence-corrected chi connectivity index (χ1v) is 13.8. The first-order chi connectivity index (χ1) is 17.1. The molecule has 0 saturated carbocycles. The summed E-state index contributed by atoms with van der Waals surface area (Å²) in [5, 5.41) is -0.0906. The zero-order valence-electron chi connectivity index (χ0n) is 19.8. The molecule has 12 heteroatoms. The molecule has 0 fully saturated rings. The number of imidazole rings is 1. The van der Waals surface area contributed by atoms with Crippen molar-refractivity contribution < 1.29 is 22.3 Å². The smallest absolute Gasteiger partial charge is 0.261 e. The lowest BCUT2D eigenvalue weighted by Crippen LogP contribution is -2.44. The number of amides is 1. The second kappa shape index (κ2) is 9.36. The number of aryl methyl sites for hydroxylation is 2. The highest BCUT2D eigenvalue weighted by Crippen LogP contribution is 2.39. The van der Waals surface area contributed by atoms with Crippen LogP contribution in [0.25, 0.3) is 0 Å². The van der Waals surface area contributed by atoms with Gasteiger partial charge in [-0.1, -0.05) is 23.7 Å². The molecule has 1 aromatic carbocycles. The minimum absolute atomic E-state index is 0.0363. The second-order valence-corrected chi connectivity index (χ2v) is 11.1. The Balaban J connectivity index is 1.42. The Morgan fingerprint density at radius 1 is 1.22 bits per heavy atom. The summed E-state index contributed by atoms with van der Waals surface area (Å²) in [6, 6.07) is 7.24. The van der Waals surface area contributed by atoms with Gasteiger partial charge in [-0.05, 0) is 37.1 Å². The molecule has 9 nitrogen and oxygen atoms in total. The summed E-state index contributed by atoms with van der Waals surface area (Å²) < 4.78 is 48.0. The van der Waals surface area contributed by atoms with Crippen LogP contribution in [0.15, 0.2) is 30.3 Å². The third kappa shape index (κ3) is 4.77. The molecule has 0 saturated heterocycles. The topological polar surface area (TPSA) is 106 Å². The van der Waals surface area contributed by atoms with Crippen molar-refractivity contribution in [1.82, 2.24) is 19.4 Å². The highest BCUT2D eigenvalue weighted by Gasteiger charge is 2.39. The summed E-state index contributed by atoms with van der Waals surface area (Å²) in [6.07, 6.45) is 3.40. The SMILES string of the molecule is Cc1ccc(C2c3c(nc4n3CCC4)CCN2C(=O)COc2ccc(NS(C)(=O)=O)nc2Cl)c(F)c1. The summed E-state index contributed by atoms with van der Waals surface area (Å²) in [6.45, 7) is 2.63. The molecule has 0 spiro atoms. The first-order valence-electron chi connectivity index (χ1n) is 11.5. The zero-order chi connectivity index (χ0) is 25.6. The van der Waals surface area contributed by atoms with Crippen LogP contribution in [0.4, 0.5) is 10.2 Å². The predicted molar refractivity (Wildman–Crippen MR) is 132 cm³/mol. The predicted octanol–water partition coefficient (Wildman–Crippen LogP) is 3.25. The monoisotopic (exact) mass is 533 g/mol. The molecule has 0 aliphatic carbocycles. The maximum atomic E-state index is 15.2. The van der Waals surface area contributed by atoms with Crippen molar-refractivity contribution in [3.8, 4) is 5.75 Å². The molecule has 2 aromatic heterocycles. The van der Waals surface area contributed by atoms with Crippen molar-refractivity contribution in [3.05, 3.63) is 69.6 Å². The molecule has 5 rings (SSSR count). The van der Waals surface area contributed by atoms with Gasteiger partial charge in [0.2, 0.25) is 10.0 Å². The van der Waals surface area contributed by atoms with Crippen LogP contribution in [-0.2, 0) is 34.2 Å². The molecule has 0 radical (unpaired) electrons. The number of halogens is 2. The van der Waals surface area contributed by atoms with Crippen LogP contribution >= 0.6 is 11.6 Å². The molecule has 1 unspecified atom stereocenters. The number of aromatic nitrogens is 3. The number of hydrogen-bond donors (Lipinski definition) is 1. The van der Waals surface area contributed by atoms with E-state index in [0.717, 1.165) is 48.4 Å². The number of ether oxygens (including phenoxy) is 1. The molecule has 2 aliphatic rings. The van der Waals surface area contributed by atoms with E-state index in [9.17, 15) is 13.2 Å². The van der Waals surface area contributed by atoms with Crippen LogP contribution in [0.5, 0.6) is 5.75 Å². The average Bonchev–Trinajstić information content (AvgIpc) is 3.38. The highest BCUT2D eigenvalue weighted by molar-refractivity contribution is 7.92. The molecule has 2 aliphatic heterocycles. The van der Waals surface area contributed by atoms with Gasteiger partial charge in [-0.25, -0.2) is 22.8 Å². The minimum Gasteiger partial charge on any atom is -0.481 e. The number of fused-ring (bicyclic) bond motifs is 3. The van der Waals surface area contributed by atoms with Gasteiger partial charge in [0.15, 0.2) is 17.5 Å². The Labute approximate surface area is 213 Å². The van der Waals surface area contributed by atoms with Crippen molar-refractivity contribution in [2.24, 2.45) is 0 Å². The van der Waals surface area contributed by atoms with Crippen molar-refractivity contribution >= 4 is 33.3 Å². The summed E-state index contributed by atoms with van der Waals surface area (Å²) in [4.78, 5) is 23.8. The van der Waals surface area contributed by atoms with E-state index in [0.29, 0.717) is 18.5 Å². The molecule has 1 N–H and O–H groups in total. The van der Waals surface area contributed by atoms with E-state index < -0.39 is 16.1 Å². The molecule has 4 heterocycles. The van der Waals surface area contributed by atoms with Gasteiger partial charge in [-0.2, -0.15) is 0 Å². The van der Waals surface area contributed by atoms with Gasteiger partial charge in [0.1, 0.15) is 23.5 Å². The van der Waals surface area contributed by atoms with Gasteiger partial charge in [0.05, 0.1) is 17.6 Å². The fraction of sp³-hybridized carbons (Fsp3) is 0.375. The fourth-order valence-corrected chi connectivity index (χ4v) is 5.53. The number of anilines is 1. The number of rotatable bonds is 6. The highest BCUT2D eigenvalue weighted by atomic mass is 35.5. The van der Waals surface area contributed by atoms with E-state index >= 15 is 4.39 Å². The molecule has 1 amide bonds. The lowest BCUT2D eigenvalue weighted by atomic mass is 9.94. The normalized spacial score (nSPS) is 17.0. The minimum atomic E-state index is -3.52. The molecular weight excluding hydrogens is 509 g/mol. The summed E-state index contributed by atoms with van der Waals surface area (Å²) >= 11 is 6.15. The molecule has 190 valence electrons. The third-order valence-electron chi connectivity index (χ3n) is 6.33. The van der Waals surface area contributed by atoms with Crippen molar-refractivity contribution in [2.75, 3.05) is 24.1 Å². The van der Waals surface area contributed by atoms with Crippen LogP contribution in [0, 0.1) is 12.7 Å². The zero-order valence-corrected chi connectivity index (χ0v) is 21.4. The van der Waals surface area contributed by atoms with Crippen LogP contribution in [0.3, 0.4) is 0 Å². The van der Waals surface area contributed by atoms with E-state index in [4.69, 9.17) is 21.3 Å². The van der Waals surface area contributed by atoms with Gasteiger partial charge in [0.25, 0.3) is 5.91 Å². The fourth-order valence-electron chi connectivity index (χ4n) is 4.83. The van der Waals surface area contributed by atoms with E-state index in [1.807, 2.05) is 13.0 Å². The van der Waals surface area contributed by atoms with E-state index in [-0.39, 0.29) is 35.1 Å². The number of benzene rings is 1. The van der Waals surface area contributed by atoms with E-state index in [2.05, 4.69) is 14.3 Å². The first kappa shape index (κ1) is 24.5. The van der Waals surface area contributed by atoms with E-state index in [1.165, 1.54) is 18.2 Å². The molecule has 1 atom stereocenters. The van der Waals surface area contributed by atoms with Gasteiger partial charge in [-0.15, -0.1) is 0 Å². The summed E-state index contributed by atoms with van der Waals surface area (Å²) in [5.74, 6) is 0.429. The largest absolute Gasteiger partial charge is 0.481 e. The molecular formula is C24H25ClFN5O4S. The quantitative estimate of drug-likeness (QED) is 0.488. The van der Waals surface area contributed by atoms with Crippen LogP contribution in [0.2, 0.25) is 5.15 Å². The van der Waals surface area contributed by atoms with Crippen molar-refractivity contribution in [2.45, 2.75) is 38.8 Å². The van der Waals surface area contributed by atoms with Crippen LogP contribution in [0.1, 0.15) is 40.8 Å². The van der Waals surface area contributed by atoms with Gasteiger partial charge >= 0.3 is 0 Å². The third-order valence-corrected chi connectivity index (χ3v) is 7.18. The lowest BCUT2D eigenvalue weighted by Gasteiger charge is -2.36. The Morgan fingerprint density at radius 3 is 2.75 bits per heavy atom. The Bertz CT molecular complexity index is 1460. The van der Waals surface area contributed by atoms with Crippen LogP contribution in [-0.4, -0.2) is 53.2 Å². The molecule has 0 bridgehead atoms. The Morgan fingerprint density at radius 2 is 2.03 bits per heavy atom. The maximum absolute atomic E-state index is 15.2. The van der Waals surface area contributed by atoms with Crippen molar-refractivity contribution in [3.63, 3.8) is 0 Å². The average molecular weight is 534 g/mol. The number of hydrogen-bond acceptors (Lipinski definition) is 6. The number of nitrogens with one attached hydrogen (secondary N) is 1. The number of nitrogens with zero attached hydrogens (tertiary/aromatic N) is 4. The maximum Gasteiger partial charge on any atom is 0.261 e. The number of pyridine rings is 1. The Kier molecular flexibility index (Phi) is 6.37. The standard InChI is InChI=1S/C24H25ClFN5O4S/c1-14-5-6-15(16(26)12-14)22-23-17(27-20-4-3-10-30(20)23)9-11-31(22)21(32)13-35-18-7-8-19(28-24(18)25)29-36(2,33)34/h5-8,12,22H,3-4,9-11,13H2,1-2H3,(H,28,29). The summed E-state index contributed by atoms with van der Waals surface area (Å²) in [7, 11) is -3.52. The lowest BCUT2D eigenvalue weighted by molar-refractivity contribution is -0.135. The number of carbonyl (C=O) groups excluding carboxylic acids is 1. The number of carbonyl (C=O) groups is 1. The number of sulfonamides is 1. The van der Waals surface area contributed by atoms with Gasteiger partial charge < -0.3 is 14.2 Å². The molecule has 36 heavy (non-hydrogen) atoms. The molecule has 3 aromatic rings. The van der Waals surface area contributed by atoms with Crippen LogP contribution < -0.4 is 9.46 Å². The summed E-state index contributed by atoms with van der Waals surface area (Å²) in [5.41, 5.74) is 2.98.